The van der Waals surface area contributed by atoms with Crippen LogP contribution in [0.3, 0.4) is 0 Å². The van der Waals surface area contributed by atoms with Gasteiger partial charge in [-0.1, -0.05) is 0 Å². The largest absolute Gasteiger partial charge is 0.382 e. The van der Waals surface area contributed by atoms with Crippen LogP contribution in [0.15, 0.2) is 0 Å². The lowest BCUT2D eigenvalue weighted by atomic mass is 10.2. The summed E-state index contributed by atoms with van der Waals surface area (Å²) < 4.78 is 0. The van der Waals surface area contributed by atoms with Gasteiger partial charge >= 0.3 is 0 Å². The number of quaternary nitrogens is 2. The zero-order valence-electron chi connectivity index (χ0n) is 6.03. The third kappa shape index (κ3) is 2.62. The molecule has 0 aliphatic carbocycles. The normalized spacial score (nSPS) is 36.6. The maximum absolute atomic E-state index is 9.16. The highest BCUT2D eigenvalue weighted by atomic mass is 16.3. The molecule has 4 nitrogen and oxygen atoms in total. The minimum absolute atomic E-state index is 0.215. The first-order valence-electron chi connectivity index (χ1n) is 3.78. The van der Waals surface area contributed by atoms with Gasteiger partial charge in [0, 0.05) is 0 Å². The van der Waals surface area contributed by atoms with Gasteiger partial charge < -0.3 is 20.8 Å². The Kier molecular flexibility index (Phi) is 3.08. The number of rotatable bonds is 0. The smallest absolute Gasteiger partial charge is 0.151 e. The van der Waals surface area contributed by atoms with E-state index in [9.17, 15) is 0 Å². The molecule has 0 amide bonds. The lowest BCUT2D eigenvalue weighted by Gasteiger charge is -2.15. The van der Waals surface area contributed by atoms with Crippen LogP contribution in [0.25, 0.3) is 0 Å². The van der Waals surface area contributed by atoms with Gasteiger partial charge in [-0.2, -0.15) is 0 Å². The van der Waals surface area contributed by atoms with Crippen LogP contribution in [0.5, 0.6) is 0 Å². The average molecular weight is 148 g/mol. The van der Waals surface area contributed by atoms with E-state index in [0.717, 1.165) is 0 Å². The van der Waals surface area contributed by atoms with Crippen LogP contribution in [0.1, 0.15) is 0 Å². The van der Waals surface area contributed by atoms with Crippen molar-refractivity contribution >= 4 is 0 Å². The molecule has 0 bridgehead atoms. The summed E-state index contributed by atoms with van der Waals surface area (Å²) in [7, 11) is 0. The van der Waals surface area contributed by atoms with Crippen LogP contribution in [-0.2, 0) is 0 Å². The van der Waals surface area contributed by atoms with Gasteiger partial charge in [0.05, 0.1) is 0 Å². The van der Waals surface area contributed by atoms with Crippen molar-refractivity contribution in [3.63, 3.8) is 0 Å². The van der Waals surface area contributed by atoms with Crippen LogP contribution in [-0.4, -0.2) is 48.6 Å². The van der Waals surface area contributed by atoms with Crippen molar-refractivity contribution in [3.05, 3.63) is 0 Å². The van der Waals surface area contributed by atoms with Crippen molar-refractivity contribution in [2.24, 2.45) is 0 Å². The molecule has 4 heteroatoms. The Bertz CT molecular complexity index is 79.7. The van der Waals surface area contributed by atoms with Crippen LogP contribution in [0.2, 0.25) is 0 Å². The molecule has 1 heterocycles. The fourth-order valence-corrected chi connectivity index (χ4v) is 1.15. The minimum atomic E-state index is -0.215. The molecule has 0 aromatic rings. The van der Waals surface area contributed by atoms with Crippen LogP contribution >= 0.6 is 0 Å². The maximum atomic E-state index is 9.16. The lowest BCUT2D eigenvalue weighted by molar-refractivity contribution is -0.723. The van der Waals surface area contributed by atoms with Crippen LogP contribution in [0, 0.1) is 0 Å². The van der Waals surface area contributed by atoms with Crippen molar-refractivity contribution in [2.45, 2.75) is 12.2 Å². The monoisotopic (exact) mass is 148 g/mol. The molecule has 0 saturated carbocycles. The first-order chi connectivity index (χ1) is 4.79. The SMILES string of the molecule is OC1C[NH2+]CC(O)C[NH2+]C1. The van der Waals surface area contributed by atoms with E-state index < -0.39 is 0 Å². The van der Waals surface area contributed by atoms with Gasteiger partial charge in [0.1, 0.15) is 26.2 Å². The molecule has 6 N–H and O–H groups in total. The van der Waals surface area contributed by atoms with Gasteiger partial charge in [-0.25, -0.2) is 0 Å². The Morgan fingerprint density at radius 1 is 0.800 bits per heavy atom. The highest BCUT2D eigenvalue weighted by molar-refractivity contribution is 4.52. The Morgan fingerprint density at radius 2 is 1.10 bits per heavy atom. The Balaban J connectivity index is 2.21. The maximum Gasteiger partial charge on any atom is 0.151 e. The van der Waals surface area contributed by atoms with Crippen molar-refractivity contribution in [2.75, 3.05) is 26.2 Å². The zero-order valence-corrected chi connectivity index (χ0v) is 6.03. The molecule has 1 fully saturated rings. The molecule has 1 rings (SSSR count). The van der Waals surface area contributed by atoms with E-state index in [-0.39, 0.29) is 12.2 Å². The van der Waals surface area contributed by atoms with E-state index in [1.54, 1.807) is 0 Å². The Hall–Kier alpha value is -0.160. The fraction of sp³-hybridized carbons (Fsp3) is 1.00. The van der Waals surface area contributed by atoms with Crippen molar-refractivity contribution in [1.82, 2.24) is 0 Å². The second-order valence-electron chi connectivity index (χ2n) is 2.83. The molecule has 0 unspecified atom stereocenters. The zero-order chi connectivity index (χ0) is 7.40. The lowest BCUT2D eigenvalue weighted by Crippen LogP contribution is -2.98. The molecule has 1 aliphatic rings. The van der Waals surface area contributed by atoms with Gasteiger partial charge in [-0.3, -0.25) is 0 Å². The topological polar surface area (TPSA) is 73.7 Å². The summed E-state index contributed by atoms with van der Waals surface area (Å²) in [6, 6.07) is 0. The second-order valence-corrected chi connectivity index (χ2v) is 2.83. The number of hydrogen-bond acceptors (Lipinski definition) is 2. The van der Waals surface area contributed by atoms with E-state index in [4.69, 9.17) is 10.2 Å². The van der Waals surface area contributed by atoms with Crippen molar-refractivity contribution in [3.8, 4) is 0 Å². The van der Waals surface area contributed by atoms with E-state index >= 15 is 0 Å². The van der Waals surface area contributed by atoms with E-state index in [2.05, 4.69) is 0 Å². The molecule has 1 aliphatic heterocycles. The van der Waals surface area contributed by atoms with Crippen LogP contribution in [0.4, 0.5) is 0 Å². The van der Waals surface area contributed by atoms with E-state index in [1.165, 1.54) is 0 Å². The third-order valence-corrected chi connectivity index (χ3v) is 1.75. The molecule has 1 saturated heterocycles. The average Bonchev–Trinajstić information content (AvgIpc) is 1.84. The molecule has 0 spiro atoms. The number of hydrogen-bond donors (Lipinski definition) is 4. The highest BCUT2D eigenvalue weighted by Crippen LogP contribution is 1.74. The van der Waals surface area contributed by atoms with Gasteiger partial charge in [0.15, 0.2) is 12.2 Å². The minimum Gasteiger partial charge on any atom is -0.382 e. The predicted molar refractivity (Wildman–Crippen MR) is 35.3 cm³/mol. The molecule has 0 aromatic heterocycles. The first kappa shape index (κ1) is 7.94. The molecular weight excluding hydrogens is 132 g/mol. The quantitative estimate of drug-likeness (QED) is 0.281. The molecule has 0 radical (unpaired) electrons. The molecule has 10 heavy (non-hydrogen) atoms. The molecule has 0 atom stereocenters. The van der Waals surface area contributed by atoms with Gasteiger partial charge in [-0.05, 0) is 0 Å². The van der Waals surface area contributed by atoms with Crippen molar-refractivity contribution < 1.29 is 20.8 Å². The molecule has 60 valence electrons. The number of aliphatic hydroxyl groups excluding tert-OH is 2. The van der Waals surface area contributed by atoms with Gasteiger partial charge in [-0.15, -0.1) is 0 Å². The first-order valence-corrected chi connectivity index (χ1v) is 3.78. The summed E-state index contributed by atoms with van der Waals surface area (Å²) >= 11 is 0. The van der Waals surface area contributed by atoms with E-state index in [1.807, 2.05) is 10.6 Å². The summed E-state index contributed by atoms with van der Waals surface area (Å²) in [5.41, 5.74) is 0. The summed E-state index contributed by atoms with van der Waals surface area (Å²) in [4.78, 5) is 0. The molecule has 0 aromatic carbocycles. The Labute approximate surface area is 60.2 Å². The summed E-state index contributed by atoms with van der Waals surface area (Å²) in [5.74, 6) is 0. The van der Waals surface area contributed by atoms with E-state index in [0.29, 0.717) is 26.2 Å². The standard InChI is InChI=1S/C6H14N2O2/c9-5-1-7-3-6(10)4-8-2-5/h5-10H,1-4H2/p+2. The predicted octanol–water partition coefficient (Wildman–Crippen LogP) is -4.15. The number of nitrogens with two attached hydrogens (primary N) is 2. The fourth-order valence-electron chi connectivity index (χ4n) is 1.15. The molecular formula is C6H16N2O2+2. The summed E-state index contributed by atoms with van der Waals surface area (Å²) in [5, 5.41) is 22.2. The third-order valence-electron chi connectivity index (χ3n) is 1.75. The van der Waals surface area contributed by atoms with Crippen LogP contribution < -0.4 is 10.6 Å². The second kappa shape index (κ2) is 3.88. The Morgan fingerprint density at radius 3 is 1.40 bits per heavy atom. The number of aliphatic hydroxyl groups is 2. The van der Waals surface area contributed by atoms with Crippen molar-refractivity contribution in [1.29, 1.82) is 0 Å². The summed E-state index contributed by atoms with van der Waals surface area (Å²) in [6.07, 6.45) is -0.431. The highest BCUT2D eigenvalue weighted by Gasteiger charge is 2.16. The van der Waals surface area contributed by atoms with Gasteiger partial charge in [0.25, 0.3) is 0 Å². The summed E-state index contributed by atoms with van der Waals surface area (Å²) in [6.45, 7) is 2.86. The van der Waals surface area contributed by atoms with Gasteiger partial charge in [0.2, 0.25) is 0 Å².